The number of nitrogens with zero attached hydrogens (tertiary/aromatic N) is 2. The Bertz CT molecular complexity index is 825. The predicted molar refractivity (Wildman–Crippen MR) is 87.4 cm³/mol. The van der Waals surface area contributed by atoms with Gasteiger partial charge in [-0.1, -0.05) is 36.4 Å². The van der Waals surface area contributed by atoms with Crippen LogP contribution in [-0.4, -0.2) is 9.38 Å². The van der Waals surface area contributed by atoms with Crippen LogP contribution in [0.15, 0.2) is 53.3 Å². The van der Waals surface area contributed by atoms with Gasteiger partial charge < -0.3 is 0 Å². The van der Waals surface area contributed by atoms with Crippen molar-refractivity contribution in [2.24, 2.45) is 0 Å². The molecular formula is C17H17ClN2O. The lowest BCUT2D eigenvalue weighted by Crippen LogP contribution is -2.23. The highest BCUT2D eigenvalue weighted by Gasteiger charge is 2.11. The Labute approximate surface area is 129 Å². The fourth-order valence-corrected chi connectivity index (χ4v) is 2.49. The molecule has 4 heteroatoms. The summed E-state index contributed by atoms with van der Waals surface area (Å²) < 4.78 is 1.69. The van der Waals surface area contributed by atoms with Gasteiger partial charge in [-0.2, -0.15) is 0 Å². The second-order valence-corrected chi connectivity index (χ2v) is 5.00. The van der Waals surface area contributed by atoms with Crippen LogP contribution in [0.4, 0.5) is 0 Å². The van der Waals surface area contributed by atoms with Gasteiger partial charge in [-0.15, -0.1) is 12.4 Å². The van der Waals surface area contributed by atoms with E-state index in [2.05, 4.69) is 4.98 Å². The monoisotopic (exact) mass is 300 g/mol. The highest BCUT2D eigenvalue weighted by Crippen LogP contribution is 2.11. The Kier molecular flexibility index (Phi) is 4.43. The number of fused-ring (bicyclic) bond motifs is 1. The highest BCUT2D eigenvalue weighted by atomic mass is 35.5. The molecule has 0 saturated carbocycles. The van der Waals surface area contributed by atoms with Crippen LogP contribution in [0.25, 0.3) is 5.65 Å². The van der Waals surface area contributed by atoms with Crippen LogP contribution in [0, 0.1) is 13.8 Å². The minimum atomic E-state index is 0. The average molecular weight is 301 g/mol. The summed E-state index contributed by atoms with van der Waals surface area (Å²) in [6, 6.07) is 15.7. The maximum absolute atomic E-state index is 12.7. The minimum absolute atomic E-state index is 0. The third-order valence-corrected chi connectivity index (χ3v) is 3.57. The number of benzene rings is 1. The van der Waals surface area contributed by atoms with Crippen molar-refractivity contribution in [1.29, 1.82) is 0 Å². The van der Waals surface area contributed by atoms with Gasteiger partial charge >= 0.3 is 0 Å². The van der Waals surface area contributed by atoms with Gasteiger partial charge in [-0.3, -0.25) is 9.20 Å². The van der Waals surface area contributed by atoms with Crippen molar-refractivity contribution in [3.8, 4) is 0 Å². The zero-order chi connectivity index (χ0) is 14.1. The third-order valence-electron chi connectivity index (χ3n) is 3.57. The van der Waals surface area contributed by atoms with E-state index < -0.39 is 0 Å². The van der Waals surface area contributed by atoms with Crippen LogP contribution in [0.2, 0.25) is 0 Å². The highest BCUT2D eigenvalue weighted by molar-refractivity contribution is 5.85. The van der Waals surface area contributed by atoms with Crippen molar-refractivity contribution in [3.05, 3.63) is 81.4 Å². The zero-order valence-corrected chi connectivity index (χ0v) is 12.9. The molecule has 2 heterocycles. The first-order valence-electron chi connectivity index (χ1n) is 6.68. The number of halogens is 1. The van der Waals surface area contributed by atoms with Crippen LogP contribution in [0.5, 0.6) is 0 Å². The number of aryl methyl sites for hydroxylation is 2. The molecule has 3 aromatic rings. The van der Waals surface area contributed by atoms with E-state index in [4.69, 9.17) is 0 Å². The van der Waals surface area contributed by atoms with E-state index >= 15 is 0 Å². The molecular weight excluding hydrogens is 284 g/mol. The van der Waals surface area contributed by atoms with Crippen molar-refractivity contribution >= 4 is 18.1 Å². The van der Waals surface area contributed by atoms with Gasteiger partial charge in [0.15, 0.2) is 0 Å². The summed E-state index contributed by atoms with van der Waals surface area (Å²) in [6.07, 6.45) is 0.621. The maximum atomic E-state index is 12.7. The second kappa shape index (κ2) is 6.10. The molecule has 0 N–H and O–H groups in total. The van der Waals surface area contributed by atoms with Crippen molar-refractivity contribution in [2.45, 2.75) is 20.3 Å². The number of rotatable bonds is 2. The first-order valence-corrected chi connectivity index (χ1v) is 6.68. The van der Waals surface area contributed by atoms with Gasteiger partial charge in [0.05, 0.1) is 0 Å². The van der Waals surface area contributed by atoms with E-state index in [1.165, 1.54) is 0 Å². The molecule has 0 aliphatic rings. The van der Waals surface area contributed by atoms with Crippen LogP contribution >= 0.6 is 12.4 Å². The fourth-order valence-electron chi connectivity index (χ4n) is 2.49. The molecule has 0 fully saturated rings. The van der Waals surface area contributed by atoms with Crippen molar-refractivity contribution in [3.63, 3.8) is 0 Å². The van der Waals surface area contributed by atoms with E-state index in [-0.39, 0.29) is 18.0 Å². The Hall–Kier alpha value is -2.13. The molecule has 2 aromatic heterocycles. The lowest BCUT2D eigenvalue weighted by Gasteiger charge is -2.10. The first kappa shape index (κ1) is 15.3. The van der Waals surface area contributed by atoms with Crippen LogP contribution in [0.1, 0.15) is 22.5 Å². The van der Waals surface area contributed by atoms with E-state index in [0.29, 0.717) is 12.1 Å². The van der Waals surface area contributed by atoms with Gasteiger partial charge in [0.25, 0.3) is 5.56 Å². The van der Waals surface area contributed by atoms with Crippen molar-refractivity contribution < 1.29 is 0 Å². The molecule has 0 atom stereocenters. The Balaban J connectivity index is 0.00000161. The molecule has 0 aliphatic carbocycles. The topological polar surface area (TPSA) is 34.4 Å². The van der Waals surface area contributed by atoms with E-state index in [1.54, 1.807) is 4.40 Å². The Morgan fingerprint density at radius 2 is 1.71 bits per heavy atom. The van der Waals surface area contributed by atoms with Crippen LogP contribution in [-0.2, 0) is 6.42 Å². The van der Waals surface area contributed by atoms with E-state index in [1.807, 2.05) is 62.4 Å². The molecule has 108 valence electrons. The van der Waals surface area contributed by atoms with E-state index in [0.717, 1.165) is 22.5 Å². The summed E-state index contributed by atoms with van der Waals surface area (Å²) >= 11 is 0. The predicted octanol–water partition coefficient (Wildman–Crippen LogP) is 3.32. The molecule has 0 amide bonds. The summed E-state index contributed by atoms with van der Waals surface area (Å²) in [7, 11) is 0. The lowest BCUT2D eigenvalue weighted by molar-refractivity contribution is 0.923. The van der Waals surface area contributed by atoms with Gasteiger partial charge in [-0.05, 0) is 31.5 Å². The van der Waals surface area contributed by atoms with Gasteiger partial charge in [0, 0.05) is 23.4 Å². The molecule has 3 nitrogen and oxygen atoms in total. The molecule has 0 radical (unpaired) electrons. The molecule has 0 spiro atoms. The maximum Gasteiger partial charge on any atom is 0.261 e. The SMILES string of the molecule is Cc1nc2cccc(C)n2c(=O)c1Cc1ccccc1.Cl. The summed E-state index contributed by atoms with van der Waals surface area (Å²) in [5.74, 6) is 0. The molecule has 0 saturated heterocycles. The molecule has 3 rings (SSSR count). The summed E-state index contributed by atoms with van der Waals surface area (Å²) in [5.41, 5.74) is 4.36. The molecule has 21 heavy (non-hydrogen) atoms. The quantitative estimate of drug-likeness (QED) is 0.727. The van der Waals surface area contributed by atoms with Crippen LogP contribution in [0.3, 0.4) is 0 Å². The minimum Gasteiger partial charge on any atom is -0.269 e. The Morgan fingerprint density at radius 1 is 1.00 bits per heavy atom. The van der Waals surface area contributed by atoms with Crippen molar-refractivity contribution in [2.75, 3.05) is 0 Å². The number of pyridine rings is 1. The zero-order valence-electron chi connectivity index (χ0n) is 12.0. The van der Waals surface area contributed by atoms with Crippen molar-refractivity contribution in [1.82, 2.24) is 9.38 Å². The normalized spacial score (nSPS) is 10.4. The fraction of sp³-hybridized carbons (Fsp3) is 0.176. The number of aromatic nitrogens is 2. The van der Waals surface area contributed by atoms with Gasteiger partial charge in [-0.25, -0.2) is 4.98 Å². The van der Waals surface area contributed by atoms with Gasteiger partial charge in [0.2, 0.25) is 0 Å². The molecule has 0 aliphatic heterocycles. The second-order valence-electron chi connectivity index (χ2n) is 5.00. The van der Waals surface area contributed by atoms with E-state index in [9.17, 15) is 4.79 Å². The average Bonchev–Trinajstić information content (AvgIpc) is 2.44. The summed E-state index contributed by atoms with van der Waals surface area (Å²) in [5, 5.41) is 0. The largest absolute Gasteiger partial charge is 0.269 e. The smallest absolute Gasteiger partial charge is 0.261 e. The Morgan fingerprint density at radius 3 is 2.43 bits per heavy atom. The third kappa shape index (κ3) is 2.83. The molecule has 1 aromatic carbocycles. The molecule has 0 bridgehead atoms. The molecule has 0 unspecified atom stereocenters. The lowest BCUT2D eigenvalue weighted by atomic mass is 10.1. The number of hydrogen-bond acceptors (Lipinski definition) is 2. The van der Waals surface area contributed by atoms with Crippen LogP contribution < -0.4 is 5.56 Å². The van der Waals surface area contributed by atoms with Gasteiger partial charge in [0.1, 0.15) is 5.65 Å². The number of hydrogen-bond donors (Lipinski definition) is 0. The summed E-state index contributed by atoms with van der Waals surface area (Å²) in [4.78, 5) is 17.3. The first-order chi connectivity index (χ1) is 9.66. The standard InChI is InChI=1S/C17H16N2O.ClH/c1-12-7-6-10-16-18-13(2)15(17(20)19(12)16)11-14-8-4-3-5-9-14;/h3-10H,11H2,1-2H3;1H. The summed E-state index contributed by atoms with van der Waals surface area (Å²) in [6.45, 7) is 3.83.